The van der Waals surface area contributed by atoms with Gasteiger partial charge in [0.25, 0.3) is 0 Å². The Morgan fingerprint density at radius 3 is 2.74 bits per heavy atom. The van der Waals surface area contributed by atoms with Crippen LogP contribution >= 0.6 is 11.6 Å². The minimum absolute atomic E-state index is 0.0655. The number of anilines is 1. The third-order valence-corrected chi connectivity index (χ3v) is 3.43. The van der Waals surface area contributed by atoms with E-state index in [0.717, 1.165) is 5.56 Å². The van der Waals surface area contributed by atoms with Crippen LogP contribution in [0.4, 0.5) is 18.9 Å². The van der Waals surface area contributed by atoms with E-state index in [1.165, 1.54) is 6.07 Å². The second kappa shape index (κ2) is 5.41. The van der Waals surface area contributed by atoms with E-state index in [4.69, 9.17) is 11.6 Å². The lowest BCUT2D eigenvalue weighted by Gasteiger charge is -2.15. The summed E-state index contributed by atoms with van der Waals surface area (Å²) >= 11 is 5.80. The van der Waals surface area contributed by atoms with Crippen LogP contribution in [-0.4, -0.2) is 12.1 Å². The van der Waals surface area contributed by atoms with Crippen LogP contribution in [0.1, 0.15) is 35.8 Å². The normalized spacial score (nSPS) is 17.4. The van der Waals surface area contributed by atoms with Crippen molar-refractivity contribution in [1.82, 2.24) is 0 Å². The molecule has 1 amide bonds. The van der Waals surface area contributed by atoms with Gasteiger partial charge in [-0.3, -0.25) is 4.79 Å². The van der Waals surface area contributed by atoms with Crippen molar-refractivity contribution in [3.63, 3.8) is 0 Å². The molecule has 1 unspecified atom stereocenters. The van der Waals surface area contributed by atoms with E-state index in [9.17, 15) is 18.0 Å². The lowest BCUT2D eigenvalue weighted by molar-refractivity contribution is -0.134. The number of rotatable bonds is 2. The first-order valence-electron chi connectivity index (χ1n) is 5.98. The van der Waals surface area contributed by atoms with Crippen molar-refractivity contribution < 1.29 is 18.0 Å². The second-order valence-electron chi connectivity index (χ2n) is 4.61. The molecular formula is C13H13ClF3NO. The maximum atomic E-state index is 12.3. The maximum absolute atomic E-state index is 12.3. The van der Waals surface area contributed by atoms with Crippen LogP contribution in [-0.2, 0) is 11.2 Å². The smallest absolute Gasteiger partial charge is 0.326 e. The van der Waals surface area contributed by atoms with Gasteiger partial charge in [-0.25, -0.2) is 0 Å². The molecule has 0 spiro atoms. The number of carbonyl (C=O) groups is 1. The van der Waals surface area contributed by atoms with Crippen molar-refractivity contribution in [2.24, 2.45) is 0 Å². The van der Waals surface area contributed by atoms with Crippen molar-refractivity contribution in [1.29, 1.82) is 0 Å². The highest BCUT2D eigenvalue weighted by Gasteiger charge is 2.32. The first-order valence-corrected chi connectivity index (χ1v) is 6.42. The fraction of sp³-hybridized carbons (Fsp3) is 0.462. The van der Waals surface area contributed by atoms with Crippen LogP contribution in [0.2, 0.25) is 0 Å². The molecule has 1 heterocycles. The number of aryl methyl sites for hydroxylation is 1. The number of hydrogen-bond donors (Lipinski definition) is 1. The molecule has 2 rings (SSSR count). The zero-order valence-corrected chi connectivity index (χ0v) is 10.8. The van der Waals surface area contributed by atoms with Gasteiger partial charge in [0.15, 0.2) is 0 Å². The summed E-state index contributed by atoms with van der Waals surface area (Å²) in [5.41, 5.74) is 1.95. The SMILES string of the molecule is O=C1CCCc2cc(C(Cl)CC(F)(F)F)ccc2N1. The average Bonchev–Trinajstić information content (AvgIpc) is 2.46. The molecule has 0 aromatic heterocycles. The Kier molecular flexibility index (Phi) is 4.04. The molecule has 0 fully saturated rings. The Hall–Kier alpha value is -1.23. The highest BCUT2D eigenvalue weighted by atomic mass is 35.5. The molecule has 1 aromatic rings. The topological polar surface area (TPSA) is 29.1 Å². The summed E-state index contributed by atoms with van der Waals surface area (Å²) < 4.78 is 36.9. The van der Waals surface area contributed by atoms with Gasteiger partial charge >= 0.3 is 6.18 Å². The van der Waals surface area contributed by atoms with Crippen LogP contribution in [0.3, 0.4) is 0 Å². The summed E-state index contributed by atoms with van der Waals surface area (Å²) in [6.07, 6.45) is -3.56. The Labute approximate surface area is 113 Å². The van der Waals surface area contributed by atoms with Crippen molar-refractivity contribution >= 4 is 23.2 Å². The molecule has 1 aliphatic rings. The minimum atomic E-state index is -4.28. The maximum Gasteiger partial charge on any atom is 0.390 e. The molecule has 0 bridgehead atoms. The summed E-state index contributed by atoms with van der Waals surface area (Å²) in [5, 5.41) is 1.64. The Bertz CT molecular complexity index is 487. The molecular weight excluding hydrogens is 279 g/mol. The fourth-order valence-electron chi connectivity index (χ4n) is 2.11. The number of amides is 1. The number of alkyl halides is 4. The lowest BCUT2D eigenvalue weighted by atomic mass is 10.0. The molecule has 1 N–H and O–H groups in total. The van der Waals surface area contributed by atoms with Crippen LogP contribution in [0.5, 0.6) is 0 Å². The molecule has 1 aromatic carbocycles. The molecule has 104 valence electrons. The monoisotopic (exact) mass is 291 g/mol. The Balaban J connectivity index is 2.21. The summed E-state index contributed by atoms with van der Waals surface area (Å²) in [7, 11) is 0. The van der Waals surface area contributed by atoms with Gasteiger partial charge in [0.1, 0.15) is 0 Å². The van der Waals surface area contributed by atoms with Gasteiger partial charge in [0, 0.05) is 12.1 Å². The highest BCUT2D eigenvalue weighted by molar-refractivity contribution is 6.20. The lowest BCUT2D eigenvalue weighted by Crippen LogP contribution is -2.11. The van der Waals surface area contributed by atoms with Gasteiger partial charge in [-0.15, -0.1) is 11.6 Å². The van der Waals surface area contributed by atoms with E-state index in [1.54, 1.807) is 12.1 Å². The van der Waals surface area contributed by atoms with E-state index in [1.807, 2.05) is 0 Å². The highest BCUT2D eigenvalue weighted by Crippen LogP contribution is 2.35. The predicted molar refractivity (Wildman–Crippen MR) is 67.3 cm³/mol. The van der Waals surface area contributed by atoms with Gasteiger partial charge in [-0.05, 0) is 30.0 Å². The molecule has 6 heteroatoms. The molecule has 0 saturated carbocycles. The minimum Gasteiger partial charge on any atom is -0.326 e. The van der Waals surface area contributed by atoms with E-state index < -0.39 is 18.0 Å². The zero-order valence-electron chi connectivity index (χ0n) is 10.1. The van der Waals surface area contributed by atoms with Gasteiger partial charge < -0.3 is 5.32 Å². The number of fused-ring (bicyclic) bond motifs is 1. The molecule has 1 aliphatic heterocycles. The van der Waals surface area contributed by atoms with E-state index >= 15 is 0 Å². The van der Waals surface area contributed by atoms with E-state index in [2.05, 4.69) is 5.32 Å². The first kappa shape index (κ1) is 14.2. The third kappa shape index (κ3) is 3.86. The Morgan fingerprint density at radius 1 is 1.32 bits per heavy atom. The van der Waals surface area contributed by atoms with Crippen LogP contribution in [0.25, 0.3) is 0 Å². The predicted octanol–water partition coefficient (Wildman–Crippen LogP) is 4.19. The van der Waals surface area contributed by atoms with Crippen LogP contribution < -0.4 is 5.32 Å². The fourth-order valence-corrected chi connectivity index (χ4v) is 2.42. The first-order chi connectivity index (χ1) is 8.85. The number of halogens is 4. The van der Waals surface area contributed by atoms with E-state index in [-0.39, 0.29) is 5.91 Å². The van der Waals surface area contributed by atoms with Crippen molar-refractivity contribution in [3.05, 3.63) is 29.3 Å². The molecule has 0 aliphatic carbocycles. The number of hydrogen-bond acceptors (Lipinski definition) is 1. The molecule has 1 atom stereocenters. The number of carbonyl (C=O) groups excluding carboxylic acids is 1. The van der Waals surface area contributed by atoms with Crippen LogP contribution in [0, 0.1) is 0 Å². The van der Waals surface area contributed by atoms with Gasteiger partial charge in [0.05, 0.1) is 11.8 Å². The number of nitrogens with one attached hydrogen (secondary N) is 1. The van der Waals surface area contributed by atoms with Crippen molar-refractivity contribution in [3.8, 4) is 0 Å². The largest absolute Gasteiger partial charge is 0.390 e. The van der Waals surface area contributed by atoms with Gasteiger partial charge in [0.2, 0.25) is 5.91 Å². The van der Waals surface area contributed by atoms with E-state index in [0.29, 0.717) is 30.5 Å². The van der Waals surface area contributed by atoms with Gasteiger partial charge in [-0.1, -0.05) is 12.1 Å². The molecule has 0 radical (unpaired) electrons. The van der Waals surface area contributed by atoms with Gasteiger partial charge in [-0.2, -0.15) is 13.2 Å². The number of benzene rings is 1. The molecule has 2 nitrogen and oxygen atoms in total. The van der Waals surface area contributed by atoms with Crippen LogP contribution in [0.15, 0.2) is 18.2 Å². The molecule has 19 heavy (non-hydrogen) atoms. The summed E-state index contributed by atoms with van der Waals surface area (Å²) in [6.45, 7) is 0. The third-order valence-electron chi connectivity index (χ3n) is 3.03. The Morgan fingerprint density at radius 2 is 2.05 bits per heavy atom. The zero-order chi connectivity index (χ0) is 14.0. The summed E-state index contributed by atoms with van der Waals surface area (Å²) in [4.78, 5) is 11.4. The average molecular weight is 292 g/mol. The quantitative estimate of drug-likeness (QED) is 0.813. The summed E-state index contributed by atoms with van der Waals surface area (Å²) in [6, 6.07) is 4.82. The van der Waals surface area contributed by atoms with Crippen molar-refractivity contribution in [2.75, 3.05) is 5.32 Å². The second-order valence-corrected chi connectivity index (χ2v) is 5.13. The standard InChI is InChI=1S/C13H13ClF3NO/c14-10(7-13(15,16)17)8-4-5-11-9(6-8)2-1-3-12(19)18-11/h4-6,10H,1-3,7H2,(H,18,19). The summed E-state index contributed by atoms with van der Waals surface area (Å²) in [5.74, 6) is -0.0655. The van der Waals surface area contributed by atoms with Crippen molar-refractivity contribution in [2.45, 2.75) is 37.2 Å². The molecule has 0 saturated heterocycles.